The Morgan fingerprint density at radius 1 is 1.46 bits per heavy atom. The van der Waals surface area contributed by atoms with E-state index in [1.165, 1.54) is 0 Å². The summed E-state index contributed by atoms with van der Waals surface area (Å²) in [7, 11) is 0. The van der Waals surface area contributed by atoms with Crippen LogP contribution < -0.4 is 22.5 Å². The van der Waals surface area contributed by atoms with Crippen molar-refractivity contribution in [1.82, 2.24) is 4.98 Å². The second-order valence-electron chi connectivity index (χ2n) is 2.45. The molecule has 0 spiro atoms. The third kappa shape index (κ3) is 1.66. The predicted molar refractivity (Wildman–Crippen MR) is 49.3 cm³/mol. The molecule has 6 heteroatoms. The number of nitriles is 1. The molecule has 0 saturated carbocycles. The largest absolute Gasteiger partial charge is 0.308 e. The number of hydrogen-bond donors (Lipinski definition) is 4. The lowest BCUT2D eigenvalue weighted by Gasteiger charge is -2.07. The van der Waals surface area contributed by atoms with E-state index in [0.717, 1.165) is 5.56 Å². The zero-order valence-corrected chi connectivity index (χ0v) is 7.13. The molecule has 0 aliphatic carbocycles. The van der Waals surface area contributed by atoms with Crippen LogP contribution in [0, 0.1) is 18.3 Å². The minimum Gasteiger partial charge on any atom is -0.308 e. The van der Waals surface area contributed by atoms with Gasteiger partial charge in [-0.05, 0) is 18.6 Å². The first kappa shape index (κ1) is 9.25. The molecule has 0 atom stereocenters. The molecule has 0 bridgehead atoms. The van der Waals surface area contributed by atoms with Crippen LogP contribution in [0.5, 0.6) is 0 Å². The van der Waals surface area contributed by atoms with Crippen molar-refractivity contribution in [2.75, 3.05) is 10.9 Å². The van der Waals surface area contributed by atoms with Gasteiger partial charge in [0.05, 0.1) is 5.56 Å². The number of nitrogens with one attached hydrogen (secondary N) is 2. The maximum atomic E-state index is 8.76. The molecule has 68 valence electrons. The molecule has 1 aromatic heterocycles. The Balaban J connectivity index is 3.31. The Kier molecular flexibility index (Phi) is 2.64. The summed E-state index contributed by atoms with van der Waals surface area (Å²) in [4.78, 5) is 3.95. The van der Waals surface area contributed by atoms with Gasteiger partial charge in [0.1, 0.15) is 11.9 Å². The van der Waals surface area contributed by atoms with Crippen molar-refractivity contribution >= 4 is 11.6 Å². The molecular weight excluding hydrogens is 168 g/mol. The zero-order chi connectivity index (χ0) is 9.84. The van der Waals surface area contributed by atoms with Gasteiger partial charge in [0.15, 0.2) is 5.82 Å². The molecule has 0 saturated heterocycles. The number of aromatic nitrogens is 1. The third-order valence-corrected chi connectivity index (χ3v) is 1.61. The number of hydrogen-bond acceptors (Lipinski definition) is 6. The molecule has 6 N–H and O–H groups in total. The molecule has 0 amide bonds. The summed E-state index contributed by atoms with van der Waals surface area (Å²) in [6.45, 7) is 1.78. The number of rotatable bonds is 2. The topological polar surface area (TPSA) is 113 Å². The standard InChI is InChI=1S/C7H10N6/c1-4-2-6(12-9)11-7(13-10)5(4)3-8/h2H,9-10H2,1H3,(H2,11,12,13). The monoisotopic (exact) mass is 178 g/mol. The first-order chi connectivity index (χ1) is 6.22. The summed E-state index contributed by atoms with van der Waals surface area (Å²) in [6.07, 6.45) is 0. The van der Waals surface area contributed by atoms with Crippen LogP contribution in [-0.4, -0.2) is 4.98 Å². The first-order valence-corrected chi connectivity index (χ1v) is 3.58. The van der Waals surface area contributed by atoms with Crippen LogP contribution in [0.4, 0.5) is 11.6 Å². The maximum absolute atomic E-state index is 8.76. The summed E-state index contributed by atoms with van der Waals surface area (Å²) in [5, 5.41) is 8.76. The predicted octanol–water partition coefficient (Wildman–Crippen LogP) is -0.167. The van der Waals surface area contributed by atoms with E-state index in [4.69, 9.17) is 16.9 Å². The fourth-order valence-electron chi connectivity index (χ4n) is 0.992. The van der Waals surface area contributed by atoms with E-state index < -0.39 is 0 Å². The lowest BCUT2D eigenvalue weighted by molar-refractivity contribution is 1.16. The van der Waals surface area contributed by atoms with Gasteiger partial charge in [0.2, 0.25) is 0 Å². The molecule has 0 aliphatic rings. The van der Waals surface area contributed by atoms with E-state index in [-0.39, 0.29) is 0 Å². The van der Waals surface area contributed by atoms with Gasteiger partial charge in [-0.15, -0.1) is 0 Å². The highest BCUT2D eigenvalue weighted by Gasteiger charge is 2.07. The van der Waals surface area contributed by atoms with E-state index in [0.29, 0.717) is 17.2 Å². The molecule has 0 unspecified atom stereocenters. The molecule has 6 nitrogen and oxygen atoms in total. The Morgan fingerprint density at radius 2 is 2.15 bits per heavy atom. The fraction of sp³-hybridized carbons (Fsp3) is 0.143. The quantitative estimate of drug-likeness (QED) is 0.369. The fourth-order valence-corrected chi connectivity index (χ4v) is 0.992. The van der Waals surface area contributed by atoms with Crippen molar-refractivity contribution in [2.45, 2.75) is 6.92 Å². The van der Waals surface area contributed by atoms with Gasteiger partial charge in [-0.1, -0.05) is 0 Å². The van der Waals surface area contributed by atoms with Crippen LogP contribution in [0.2, 0.25) is 0 Å². The van der Waals surface area contributed by atoms with Crippen molar-refractivity contribution in [2.24, 2.45) is 11.7 Å². The average molecular weight is 178 g/mol. The normalized spacial score (nSPS) is 9.08. The molecule has 0 aromatic carbocycles. The first-order valence-electron chi connectivity index (χ1n) is 3.58. The zero-order valence-electron chi connectivity index (χ0n) is 7.13. The number of nitrogens with two attached hydrogens (primary N) is 2. The van der Waals surface area contributed by atoms with Crippen molar-refractivity contribution in [3.8, 4) is 6.07 Å². The van der Waals surface area contributed by atoms with Gasteiger partial charge in [-0.3, -0.25) is 0 Å². The minimum absolute atomic E-state index is 0.315. The van der Waals surface area contributed by atoms with Gasteiger partial charge in [0, 0.05) is 0 Å². The van der Waals surface area contributed by atoms with E-state index in [1.54, 1.807) is 13.0 Å². The SMILES string of the molecule is Cc1cc(NN)nc(NN)c1C#N. The Morgan fingerprint density at radius 3 is 2.62 bits per heavy atom. The number of nitrogen functional groups attached to an aromatic ring is 2. The summed E-state index contributed by atoms with van der Waals surface area (Å²) in [6, 6.07) is 3.66. The van der Waals surface area contributed by atoms with E-state index in [9.17, 15) is 0 Å². The summed E-state index contributed by atoms with van der Waals surface area (Å²) >= 11 is 0. The highest BCUT2D eigenvalue weighted by Crippen LogP contribution is 2.18. The van der Waals surface area contributed by atoms with Crippen LogP contribution in [0.25, 0.3) is 0 Å². The Hall–Kier alpha value is -1.84. The molecular formula is C7H10N6. The summed E-state index contributed by atoms with van der Waals surface area (Å²) in [5.74, 6) is 11.1. The van der Waals surface area contributed by atoms with Crippen molar-refractivity contribution < 1.29 is 0 Å². The number of aryl methyl sites for hydroxylation is 1. The molecule has 0 fully saturated rings. The van der Waals surface area contributed by atoms with Gasteiger partial charge in [-0.25, -0.2) is 16.7 Å². The van der Waals surface area contributed by atoms with Crippen LogP contribution >= 0.6 is 0 Å². The maximum Gasteiger partial charge on any atom is 0.160 e. The lowest BCUT2D eigenvalue weighted by atomic mass is 10.1. The number of hydrazine groups is 2. The highest BCUT2D eigenvalue weighted by molar-refractivity contribution is 5.59. The van der Waals surface area contributed by atoms with Crippen LogP contribution in [0.15, 0.2) is 6.07 Å². The molecule has 0 aliphatic heterocycles. The van der Waals surface area contributed by atoms with Crippen molar-refractivity contribution in [3.63, 3.8) is 0 Å². The number of nitrogens with zero attached hydrogens (tertiary/aromatic N) is 2. The van der Waals surface area contributed by atoms with E-state index >= 15 is 0 Å². The van der Waals surface area contributed by atoms with Crippen LogP contribution in [-0.2, 0) is 0 Å². The number of pyridine rings is 1. The van der Waals surface area contributed by atoms with E-state index in [1.807, 2.05) is 6.07 Å². The van der Waals surface area contributed by atoms with Crippen LogP contribution in [0.1, 0.15) is 11.1 Å². The molecule has 1 heterocycles. The average Bonchev–Trinajstić information content (AvgIpc) is 2.16. The Bertz CT molecular complexity index is 353. The second kappa shape index (κ2) is 3.71. The smallest absolute Gasteiger partial charge is 0.160 e. The highest BCUT2D eigenvalue weighted by atomic mass is 15.3. The van der Waals surface area contributed by atoms with Crippen molar-refractivity contribution in [1.29, 1.82) is 5.26 Å². The van der Waals surface area contributed by atoms with Gasteiger partial charge in [-0.2, -0.15) is 5.26 Å². The minimum atomic E-state index is 0.315. The number of anilines is 2. The Labute approximate surface area is 75.5 Å². The van der Waals surface area contributed by atoms with Crippen molar-refractivity contribution in [3.05, 3.63) is 17.2 Å². The second-order valence-corrected chi connectivity index (χ2v) is 2.45. The molecule has 0 radical (unpaired) electrons. The van der Waals surface area contributed by atoms with E-state index in [2.05, 4.69) is 15.8 Å². The molecule has 13 heavy (non-hydrogen) atoms. The summed E-state index contributed by atoms with van der Waals surface area (Å²) in [5.41, 5.74) is 5.89. The van der Waals surface area contributed by atoms with Gasteiger partial charge >= 0.3 is 0 Å². The summed E-state index contributed by atoms with van der Waals surface area (Å²) < 4.78 is 0. The third-order valence-electron chi connectivity index (χ3n) is 1.61. The molecule has 1 rings (SSSR count). The van der Waals surface area contributed by atoms with Gasteiger partial charge < -0.3 is 10.9 Å². The van der Waals surface area contributed by atoms with Crippen LogP contribution in [0.3, 0.4) is 0 Å². The van der Waals surface area contributed by atoms with Gasteiger partial charge in [0.25, 0.3) is 0 Å². The molecule has 1 aromatic rings. The lowest BCUT2D eigenvalue weighted by Crippen LogP contribution is -2.15.